The molecule has 0 aliphatic heterocycles. The highest BCUT2D eigenvalue weighted by Gasteiger charge is 2.22. The molecule has 20 heavy (non-hydrogen) atoms. The van der Waals surface area contributed by atoms with Crippen LogP contribution in [0.25, 0.3) is 0 Å². The van der Waals surface area contributed by atoms with Crippen LogP contribution < -0.4 is 4.72 Å². The minimum atomic E-state index is -3.71. The smallest absolute Gasteiger partial charge is 0.240 e. The van der Waals surface area contributed by atoms with Gasteiger partial charge in [0.15, 0.2) is 0 Å². The number of sulfonamides is 1. The van der Waals surface area contributed by atoms with Gasteiger partial charge in [0, 0.05) is 13.2 Å². The molecule has 0 spiro atoms. The van der Waals surface area contributed by atoms with Gasteiger partial charge in [0.2, 0.25) is 10.0 Å². The van der Waals surface area contributed by atoms with Crippen molar-refractivity contribution in [3.63, 3.8) is 0 Å². The summed E-state index contributed by atoms with van der Waals surface area (Å²) < 4.78 is 40.1. The number of benzene rings is 1. The zero-order valence-corrected chi connectivity index (χ0v) is 12.9. The van der Waals surface area contributed by atoms with Gasteiger partial charge in [0.05, 0.1) is 4.90 Å². The van der Waals surface area contributed by atoms with Crippen LogP contribution in [0.5, 0.6) is 0 Å². The van der Waals surface area contributed by atoms with Crippen LogP contribution in [0, 0.1) is 18.2 Å². The Morgan fingerprint density at radius 2 is 2.00 bits per heavy atom. The van der Waals surface area contributed by atoms with Crippen molar-refractivity contribution in [1.82, 2.24) is 4.72 Å². The van der Waals surface area contributed by atoms with E-state index in [0.717, 1.165) is 6.07 Å². The molecule has 0 unspecified atom stereocenters. The predicted molar refractivity (Wildman–Crippen MR) is 76.4 cm³/mol. The molecule has 0 atom stereocenters. The van der Waals surface area contributed by atoms with Gasteiger partial charge < -0.3 is 5.11 Å². The van der Waals surface area contributed by atoms with Crippen LogP contribution in [0.15, 0.2) is 23.1 Å². The molecule has 1 aromatic rings. The second-order valence-electron chi connectivity index (χ2n) is 5.73. The highest BCUT2D eigenvalue weighted by molar-refractivity contribution is 7.89. The summed E-state index contributed by atoms with van der Waals surface area (Å²) in [4.78, 5) is -0.0708. The quantitative estimate of drug-likeness (QED) is 0.811. The number of halogens is 1. The molecule has 1 rings (SSSR count). The van der Waals surface area contributed by atoms with Crippen LogP contribution in [0.3, 0.4) is 0 Å². The molecule has 1 aromatic carbocycles. The maximum atomic E-state index is 13.4. The number of hydrogen-bond acceptors (Lipinski definition) is 3. The van der Waals surface area contributed by atoms with Crippen LogP contribution in [0.2, 0.25) is 0 Å². The zero-order valence-electron chi connectivity index (χ0n) is 12.1. The molecule has 0 heterocycles. The fraction of sp³-hybridized carbons (Fsp3) is 0.571. The van der Waals surface area contributed by atoms with Gasteiger partial charge in [-0.25, -0.2) is 17.5 Å². The molecule has 0 bridgehead atoms. The lowest BCUT2D eigenvalue weighted by Gasteiger charge is -2.24. The summed E-state index contributed by atoms with van der Waals surface area (Å²) in [6, 6.07) is 3.86. The second-order valence-corrected chi connectivity index (χ2v) is 7.49. The van der Waals surface area contributed by atoms with Crippen LogP contribution >= 0.6 is 0 Å². The Labute approximate surface area is 120 Å². The van der Waals surface area contributed by atoms with Crippen molar-refractivity contribution in [2.24, 2.45) is 5.41 Å². The Hall–Kier alpha value is -0.980. The van der Waals surface area contributed by atoms with E-state index in [9.17, 15) is 12.8 Å². The minimum Gasteiger partial charge on any atom is -0.396 e. The molecule has 6 heteroatoms. The number of hydrogen-bond donors (Lipinski definition) is 2. The molecule has 0 saturated heterocycles. The van der Waals surface area contributed by atoms with Crippen molar-refractivity contribution in [1.29, 1.82) is 0 Å². The summed E-state index contributed by atoms with van der Waals surface area (Å²) in [5, 5.41) is 8.81. The van der Waals surface area contributed by atoms with Crippen molar-refractivity contribution in [3.05, 3.63) is 29.6 Å². The Balaban J connectivity index is 2.77. The molecule has 0 amide bonds. The maximum absolute atomic E-state index is 13.4. The third kappa shape index (κ3) is 4.85. The molecule has 0 aliphatic carbocycles. The highest BCUT2D eigenvalue weighted by Crippen LogP contribution is 2.22. The lowest BCUT2D eigenvalue weighted by Crippen LogP contribution is -2.34. The van der Waals surface area contributed by atoms with Gasteiger partial charge in [-0.2, -0.15) is 0 Å². The number of nitrogens with one attached hydrogen (secondary N) is 1. The van der Waals surface area contributed by atoms with E-state index in [4.69, 9.17) is 5.11 Å². The molecule has 0 saturated carbocycles. The van der Waals surface area contributed by atoms with Crippen molar-refractivity contribution < 1.29 is 17.9 Å². The second kappa shape index (κ2) is 6.65. The molecular formula is C14H22FNO3S. The van der Waals surface area contributed by atoms with E-state index in [2.05, 4.69) is 4.72 Å². The first-order valence-corrected chi connectivity index (χ1v) is 8.03. The first kappa shape index (κ1) is 17.1. The number of aryl methyl sites for hydroxylation is 1. The van der Waals surface area contributed by atoms with E-state index in [1.807, 2.05) is 13.8 Å². The van der Waals surface area contributed by atoms with Crippen LogP contribution in [0.4, 0.5) is 4.39 Å². The van der Waals surface area contributed by atoms with Gasteiger partial charge in [-0.3, -0.25) is 0 Å². The van der Waals surface area contributed by atoms with Gasteiger partial charge in [-0.1, -0.05) is 19.9 Å². The minimum absolute atomic E-state index is 0.0708. The lowest BCUT2D eigenvalue weighted by molar-refractivity contribution is 0.242. The summed E-state index contributed by atoms with van der Waals surface area (Å²) in [6.07, 6.45) is 1.32. The Kier molecular flexibility index (Phi) is 5.68. The number of aliphatic hydroxyl groups excluding tert-OH is 1. The molecule has 0 aliphatic rings. The summed E-state index contributed by atoms with van der Waals surface area (Å²) in [7, 11) is -3.71. The number of rotatable bonds is 7. The van der Waals surface area contributed by atoms with Gasteiger partial charge >= 0.3 is 0 Å². The molecule has 4 nitrogen and oxygen atoms in total. The normalized spacial score (nSPS) is 12.7. The van der Waals surface area contributed by atoms with Crippen molar-refractivity contribution in [2.75, 3.05) is 13.2 Å². The van der Waals surface area contributed by atoms with Gasteiger partial charge in [-0.15, -0.1) is 0 Å². The van der Waals surface area contributed by atoms with Crippen LogP contribution in [0.1, 0.15) is 32.3 Å². The SMILES string of the molecule is Cc1ccc(S(=O)(=O)NCC(C)(C)CCCO)cc1F. The average molecular weight is 303 g/mol. The average Bonchev–Trinajstić information content (AvgIpc) is 2.37. The summed E-state index contributed by atoms with van der Waals surface area (Å²) >= 11 is 0. The van der Waals surface area contributed by atoms with Crippen LogP contribution in [-0.4, -0.2) is 26.7 Å². The predicted octanol–water partition coefficient (Wildman–Crippen LogP) is 2.21. The summed E-state index contributed by atoms with van der Waals surface area (Å²) in [5.41, 5.74) is 0.145. The summed E-state index contributed by atoms with van der Waals surface area (Å²) in [6.45, 7) is 5.74. The lowest BCUT2D eigenvalue weighted by atomic mass is 9.88. The van der Waals surface area contributed by atoms with Gasteiger partial charge in [0.1, 0.15) is 5.82 Å². The van der Waals surface area contributed by atoms with Crippen molar-refractivity contribution in [3.8, 4) is 0 Å². The highest BCUT2D eigenvalue weighted by atomic mass is 32.2. The van der Waals surface area contributed by atoms with Crippen molar-refractivity contribution >= 4 is 10.0 Å². The van der Waals surface area contributed by atoms with E-state index in [1.165, 1.54) is 12.1 Å². The molecule has 0 radical (unpaired) electrons. The van der Waals surface area contributed by atoms with Crippen LogP contribution in [-0.2, 0) is 10.0 Å². The van der Waals surface area contributed by atoms with E-state index in [-0.39, 0.29) is 23.5 Å². The fourth-order valence-electron chi connectivity index (χ4n) is 1.76. The van der Waals surface area contributed by atoms with E-state index >= 15 is 0 Å². The van der Waals surface area contributed by atoms with E-state index < -0.39 is 15.8 Å². The standard InChI is InChI=1S/C14H22FNO3S/c1-11-5-6-12(9-13(11)15)20(18,19)16-10-14(2,3)7-4-8-17/h5-6,9,16-17H,4,7-8,10H2,1-3H3. The molecular weight excluding hydrogens is 281 g/mol. The van der Waals surface area contributed by atoms with Gasteiger partial charge in [-0.05, 0) is 42.9 Å². The first-order valence-electron chi connectivity index (χ1n) is 6.55. The van der Waals surface area contributed by atoms with Gasteiger partial charge in [0.25, 0.3) is 0 Å². The summed E-state index contributed by atoms with van der Waals surface area (Å²) in [5.74, 6) is -0.535. The largest absolute Gasteiger partial charge is 0.396 e. The fourth-order valence-corrected chi connectivity index (χ4v) is 3.01. The monoisotopic (exact) mass is 303 g/mol. The maximum Gasteiger partial charge on any atom is 0.240 e. The van der Waals surface area contributed by atoms with E-state index in [0.29, 0.717) is 18.4 Å². The number of aliphatic hydroxyl groups is 1. The Bertz CT molecular complexity index is 556. The molecule has 2 N–H and O–H groups in total. The third-order valence-electron chi connectivity index (χ3n) is 3.21. The third-order valence-corrected chi connectivity index (χ3v) is 4.60. The first-order chi connectivity index (χ1) is 9.18. The Morgan fingerprint density at radius 3 is 2.55 bits per heavy atom. The zero-order chi connectivity index (χ0) is 15.4. The molecule has 114 valence electrons. The molecule has 0 aromatic heterocycles. The topological polar surface area (TPSA) is 66.4 Å². The van der Waals surface area contributed by atoms with E-state index in [1.54, 1.807) is 6.92 Å². The van der Waals surface area contributed by atoms with Crippen molar-refractivity contribution in [2.45, 2.75) is 38.5 Å². The Morgan fingerprint density at radius 1 is 1.35 bits per heavy atom. The molecule has 0 fully saturated rings.